The molecular weight excluding hydrogens is 328 g/mol. The molecule has 0 saturated heterocycles. The van der Waals surface area contributed by atoms with E-state index in [0.717, 1.165) is 35.8 Å². The summed E-state index contributed by atoms with van der Waals surface area (Å²) in [5.74, 6) is 0.832. The Hall–Kier alpha value is -1.78. The summed E-state index contributed by atoms with van der Waals surface area (Å²) >= 11 is 11.5. The quantitative estimate of drug-likeness (QED) is 0.563. The predicted molar refractivity (Wildman–Crippen MR) is 102 cm³/mol. The fourth-order valence-corrected chi connectivity index (χ4v) is 2.64. The Kier molecular flexibility index (Phi) is 7.17. The van der Waals surface area contributed by atoms with Crippen molar-refractivity contribution in [3.8, 4) is 5.75 Å². The normalized spacial score (nSPS) is 10.2. The lowest BCUT2D eigenvalue weighted by atomic mass is 10.1. The molecule has 0 bridgehead atoms. The molecule has 5 heteroatoms. The van der Waals surface area contributed by atoms with Gasteiger partial charge in [0.1, 0.15) is 5.75 Å². The number of ether oxygens (including phenoxy) is 1. The molecular formula is C18H21ClN2OS. The van der Waals surface area contributed by atoms with Crippen LogP contribution in [0.25, 0.3) is 0 Å². The monoisotopic (exact) mass is 348 g/mol. The van der Waals surface area contributed by atoms with Crippen LogP contribution in [0.15, 0.2) is 48.5 Å². The van der Waals surface area contributed by atoms with Gasteiger partial charge in [0.2, 0.25) is 0 Å². The third-order valence-corrected chi connectivity index (χ3v) is 3.88. The Morgan fingerprint density at radius 2 is 2.00 bits per heavy atom. The molecule has 0 aliphatic carbocycles. The number of rotatable bonds is 7. The molecule has 0 atom stereocenters. The van der Waals surface area contributed by atoms with Gasteiger partial charge in [-0.1, -0.05) is 35.9 Å². The van der Waals surface area contributed by atoms with Gasteiger partial charge in [-0.05, 0) is 55.7 Å². The minimum atomic E-state index is 0.609. The average Bonchev–Trinajstić information content (AvgIpc) is 2.54. The fraction of sp³-hybridized carbons (Fsp3) is 0.278. The highest BCUT2D eigenvalue weighted by Crippen LogP contribution is 2.17. The first kappa shape index (κ1) is 17.6. The van der Waals surface area contributed by atoms with Crippen LogP contribution in [0.3, 0.4) is 0 Å². The van der Waals surface area contributed by atoms with E-state index in [0.29, 0.717) is 11.7 Å². The standard InChI is InChI=1S/C18H21ClN2OS/c1-2-22-16-10-5-9-15(13-16)21-18(23)20-12-6-8-14-7-3-4-11-17(14)19/h3-5,7,9-11,13H,2,6,8,12H2,1H3,(H2,20,21,23). The first-order chi connectivity index (χ1) is 11.2. The number of thiocarbonyl (C=S) groups is 1. The smallest absolute Gasteiger partial charge is 0.170 e. The number of hydrogen-bond acceptors (Lipinski definition) is 2. The van der Waals surface area contributed by atoms with Crippen molar-refractivity contribution in [2.45, 2.75) is 19.8 Å². The molecule has 0 aliphatic heterocycles. The number of hydrogen-bond donors (Lipinski definition) is 2. The lowest BCUT2D eigenvalue weighted by Gasteiger charge is -2.12. The minimum Gasteiger partial charge on any atom is -0.494 e. The highest BCUT2D eigenvalue weighted by atomic mass is 35.5. The van der Waals surface area contributed by atoms with Crippen molar-refractivity contribution in [3.05, 3.63) is 59.1 Å². The zero-order valence-electron chi connectivity index (χ0n) is 13.1. The maximum Gasteiger partial charge on any atom is 0.170 e. The third kappa shape index (κ3) is 6.08. The van der Waals surface area contributed by atoms with Gasteiger partial charge < -0.3 is 15.4 Å². The molecule has 0 fully saturated rings. The van der Waals surface area contributed by atoms with Crippen LogP contribution in [-0.4, -0.2) is 18.3 Å². The van der Waals surface area contributed by atoms with Crippen molar-refractivity contribution < 1.29 is 4.74 Å². The van der Waals surface area contributed by atoms with Crippen LogP contribution in [0.5, 0.6) is 5.75 Å². The van der Waals surface area contributed by atoms with E-state index in [1.54, 1.807) is 0 Å². The van der Waals surface area contributed by atoms with Gasteiger partial charge in [0.05, 0.1) is 6.61 Å². The SMILES string of the molecule is CCOc1cccc(NC(=S)NCCCc2ccccc2Cl)c1. The second kappa shape index (κ2) is 9.38. The molecule has 23 heavy (non-hydrogen) atoms. The van der Waals surface area contributed by atoms with E-state index < -0.39 is 0 Å². The zero-order chi connectivity index (χ0) is 16.5. The Morgan fingerprint density at radius 3 is 2.78 bits per heavy atom. The minimum absolute atomic E-state index is 0.609. The molecule has 0 radical (unpaired) electrons. The number of aryl methyl sites for hydroxylation is 1. The van der Waals surface area contributed by atoms with Gasteiger partial charge in [-0.3, -0.25) is 0 Å². The summed E-state index contributed by atoms with van der Waals surface area (Å²) < 4.78 is 5.47. The lowest BCUT2D eigenvalue weighted by Crippen LogP contribution is -2.29. The Morgan fingerprint density at radius 1 is 1.17 bits per heavy atom. The van der Waals surface area contributed by atoms with Crippen LogP contribution in [0, 0.1) is 0 Å². The maximum atomic E-state index is 6.14. The van der Waals surface area contributed by atoms with E-state index in [1.165, 1.54) is 5.56 Å². The van der Waals surface area contributed by atoms with Crippen molar-refractivity contribution >= 4 is 34.6 Å². The van der Waals surface area contributed by atoms with Crippen LogP contribution in [0.4, 0.5) is 5.69 Å². The largest absolute Gasteiger partial charge is 0.494 e. The molecule has 2 aromatic rings. The fourth-order valence-electron chi connectivity index (χ4n) is 2.19. The second-order valence-corrected chi connectivity index (χ2v) is 5.85. The lowest BCUT2D eigenvalue weighted by molar-refractivity contribution is 0.340. The van der Waals surface area contributed by atoms with Crippen LogP contribution < -0.4 is 15.4 Å². The second-order valence-electron chi connectivity index (χ2n) is 5.04. The van der Waals surface area contributed by atoms with Gasteiger partial charge in [-0.2, -0.15) is 0 Å². The van der Waals surface area contributed by atoms with Crippen molar-refractivity contribution in [2.75, 3.05) is 18.5 Å². The summed E-state index contributed by atoms with van der Waals surface area (Å²) in [6.07, 6.45) is 1.89. The molecule has 0 aliphatic rings. The summed E-state index contributed by atoms with van der Waals surface area (Å²) in [4.78, 5) is 0. The number of halogens is 1. The zero-order valence-corrected chi connectivity index (χ0v) is 14.7. The Labute approximate surface area is 148 Å². The van der Waals surface area contributed by atoms with Crippen molar-refractivity contribution in [3.63, 3.8) is 0 Å². The summed E-state index contributed by atoms with van der Waals surface area (Å²) in [7, 11) is 0. The van der Waals surface area contributed by atoms with Crippen LogP contribution in [0.1, 0.15) is 18.9 Å². The van der Waals surface area contributed by atoms with Crippen LogP contribution >= 0.6 is 23.8 Å². The number of anilines is 1. The molecule has 2 aromatic carbocycles. The van der Waals surface area contributed by atoms with Gasteiger partial charge in [0, 0.05) is 23.3 Å². The number of nitrogens with one attached hydrogen (secondary N) is 2. The molecule has 0 amide bonds. The van der Waals surface area contributed by atoms with Crippen molar-refractivity contribution in [2.24, 2.45) is 0 Å². The van der Waals surface area contributed by atoms with Gasteiger partial charge in [0.25, 0.3) is 0 Å². The summed E-state index contributed by atoms with van der Waals surface area (Å²) in [5.41, 5.74) is 2.08. The van der Waals surface area contributed by atoms with E-state index in [-0.39, 0.29) is 0 Å². The molecule has 3 nitrogen and oxygen atoms in total. The molecule has 0 spiro atoms. The van der Waals surface area contributed by atoms with Gasteiger partial charge in [-0.25, -0.2) is 0 Å². The predicted octanol–water partition coefficient (Wildman–Crippen LogP) is 4.66. The molecule has 0 unspecified atom stereocenters. The topological polar surface area (TPSA) is 33.3 Å². The third-order valence-electron chi connectivity index (χ3n) is 3.27. The molecule has 0 saturated carbocycles. The van der Waals surface area contributed by atoms with Crippen LogP contribution in [0.2, 0.25) is 5.02 Å². The summed E-state index contributed by atoms with van der Waals surface area (Å²) in [6, 6.07) is 15.7. The summed E-state index contributed by atoms with van der Waals surface area (Å²) in [5, 5.41) is 7.80. The first-order valence-corrected chi connectivity index (χ1v) is 8.49. The molecule has 122 valence electrons. The molecule has 2 rings (SSSR count). The first-order valence-electron chi connectivity index (χ1n) is 7.70. The Balaban J connectivity index is 1.73. The highest BCUT2D eigenvalue weighted by molar-refractivity contribution is 7.80. The number of benzene rings is 2. The van der Waals surface area contributed by atoms with E-state index in [4.69, 9.17) is 28.6 Å². The van der Waals surface area contributed by atoms with E-state index in [1.807, 2.05) is 49.4 Å². The maximum absolute atomic E-state index is 6.14. The Bertz CT molecular complexity index is 648. The van der Waals surface area contributed by atoms with Crippen LogP contribution in [-0.2, 0) is 6.42 Å². The van der Waals surface area contributed by atoms with Crippen molar-refractivity contribution in [1.29, 1.82) is 0 Å². The molecule has 0 aromatic heterocycles. The van der Waals surface area contributed by atoms with Gasteiger partial charge in [-0.15, -0.1) is 0 Å². The molecule has 0 heterocycles. The van der Waals surface area contributed by atoms with Crippen molar-refractivity contribution in [1.82, 2.24) is 5.32 Å². The van der Waals surface area contributed by atoms with Gasteiger partial charge >= 0.3 is 0 Å². The van der Waals surface area contributed by atoms with E-state index in [2.05, 4.69) is 16.7 Å². The van der Waals surface area contributed by atoms with Gasteiger partial charge in [0.15, 0.2) is 5.11 Å². The van der Waals surface area contributed by atoms with E-state index >= 15 is 0 Å². The summed E-state index contributed by atoms with van der Waals surface area (Å²) in [6.45, 7) is 3.40. The average molecular weight is 349 g/mol. The highest BCUT2D eigenvalue weighted by Gasteiger charge is 2.01. The van der Waals surface area contributed by atoms with E-state index in [9.17, 15) is 0 Å². The molecule has 2 N–H and O–H groups in total.